The molecule has 0 radical (unpaired) electrons. The molecule has 1 saturated carbocycles. The van der Waals surface area contributed by atoms with Gasteiger partial charge < -0.3 is 15.2 Å². The maximum Gasteiger partial charge on any atom is 0.306 e. The highest BCUT2D eigenvalue weighted by atomic mass is 16.5. The van der Waals surface area contributed by atoms with Crippen molar-refractivity contribution in [1.29, 1.82) is 0 Å². The van der Waals surface area contributed by atoms with Crippen LogP contribution in [0.3, 0.4) is 0 Å². The van der Waals surface area contributed by atoms with E-state index in [4.69, 9.17) is 9.84 Å². The van der Waals surface area contributed by atoms with Crippen LogP contribution in [0, 0.1) is 11.8 Å². The molecule has 1 aliphatic rings. The number of benzene rings is 1. The Bertz CT molecular complexity index is 489. The number of aliphatic carboxylic acids is 1. The first-order valence-corrected chi connectivity index (χ1v) is 7.79. The summed E-state index contributed by atoms with van der Waals surface area (Å²) in [4.78, 5) is 23.0. The Labute approximate surface area is 130 Å². The molecule has 120 valence electrons. The van der Waals surface area contributed by atoms with Crippen molar-refractivity contribution < 1.29 is 19.4 Å². The quantitative estimate of drug-likeness (QED) is 0.757. The van der Waals surface area contributed by atoms with Gasteiger partial charge in [-0.25, -0.2) is 0 Å². The van der Waals surface area contributed by atoms with Crippen LogP contribution < -0.4 is 5.32 Å². The second-order valence-corrected chi connectivity index (χ2v) is 5.73. The lowest BCUT2D eigenvalue weighted by Crippen LogP contribution is -2.36. The number of carbonyl (C=O) groups excluding carboxylic acids is 1. The second-order valence-electron chi connectivity index (χ2n) is 5.73. The van der Waals surface area contributed by atoms with Gasteiger partial charge in [-0.1, -0.05) is 36.8 Å². The molecule has 1 fully saturated rings. The van der Waals surface area contributed by atoms with Crippen molar-refractivity contribution in [3.05, 3.63) is 35.9 Å². The summed E-state index contributed by atoms with van der Waals surface area (Å²) in [5, 5.41) is 11.9. The first kappa shape index (κ1) is 16.5. The number of carbonyl (C=O) groups is 2. The summed E-state index contributed by atoms with van der Waals surface area (Å²) in [6.45, 7) is 1.44. The highest BCUT2D eigenvalue weighted by molar-refractivity contribution is 5.80. The van der Waals surface area contributed by atoms with E-state index < -0.39 is 5.97 Å². The van der Waals surface area contributed by atoms with Crippen LogP contribution in [0.5, 0.6) is 0 Å². The van der Waals surface area contributed by atoms with Crippen molar-refractivity contribution in [2.45, 2.75) is 32.3 Å². The number of ether oxygens (including phenoxy) is 1. The van der Waals surface area contributed by atoms with Crippen LogP contribution in [-0.4, -0.2) is 30.1 Å². The van der Waals surface area contributed by atoms with E-state index in [1.807, 2.05) is 30.3 Å². The minimum atomic E-state index is -0.788. The molecular weight excluding hydrogens is 282 g/mol. The monoisotopic (exact) mass is 305 g/mol. The Morgan fingerprint density at radius 1 is 1.18 bits per heavy atom. The van der Waals surface area contributed by atoms with Crippen molar-refractivity contribution in [1.82, 2.24) is 5.32 Å². The minimum Gasteiger partial charge on any atom is -0.481 e. The molecule has 1 aromatic carbocycles. The Morgan fingerprint density at radius 2 is 1.91 bits per heavy atom. The number of rotatable bonds is 7. The molecule has 0 bridgehead atoms. The summed E-state index contributed by atoms with van der Waals surface area (Å²) in [6.07, 6.45) is 2.71. The van der Waals surface area contributed by atoms with E-state index in [-0.39, 0.29) is 17.7 Å². The zero-order chi connectivity index (χ0) is 15.8. The minimum absolute atomic E-state index is 0.0470. The fourth-order valence-electron chi connectivity index (χ4n) is 2.81. The predicted octanol–water partition coefficient (Wildman–Crippen LogP) is 2.21. The van der Waals surface area contributed by atoms with Crippen LogP contribution in [0.4, 0.5) is 0 Å². The van der Waals surface area contributed by atoms with Crippen LogP contribution in [0.1, 0.15) is 31.2 Å². The third-order valence-corrected chi connectivity index (χ3v) is 4.05. The topological polar surface area (TPSA) is 75.6 Å². The largest absolute Gasteiger partial charge is 0.481 e. The molecule has 5 nitrogen and oxygen atoms in total. The molecule has 0 aliphatic heterocycles. The average Bonchev–Trinajstić information content (AvgIpc) is 2.55. The van der Waals surface area contributed by atoms with Gasteiger partial charge in [-0.3, -0.25) is 9.59 Å². The first-order chi connectivity index (χ1) is 10.7. The van der Waals surface area contributed by atoms with Gasteiger partial charge in [0.15, 0.2) is 0 Å². The standard InChI is InChI=1S/C17H23NO4/c19-16(14-7-4-8-15(11-14)17(20)21)18-9-10-22-12-13-5-2-1-3-6-13/h1-3,5-6,14-15H,4,7-12H2,(H,18,19)(H,20,21). The van der Waals surface area contributed by atoms with Crippen molar-refractivity contribution in [2.24, 2.45) is 11.8 Å². The number of amides is 1. The molecule has 22 heavy (non-hydrogen) atoms. The molecule has 2 N–H and O–H groups in total. The lowest BCUT2D eigenvalue weighted by Gasteiger charge is -2.25. The van der Waals surface area contributed by atoms with Gasteiger partial charge in [0.1, 0.15) is 0 Å². The predicted molar refractivity (Wildman–Crippen MR) is 82.2 cm³/mol. The molecule has 2 unspecified atom stereocenters. The van der Waals surface area contributed by atoms with Gasteiger partial charge in [0.05, 0.1) is 19.1 Å². The summed E-state index contributed by atoms with van der Waals surface area (Å²) in [5.74, 6) is -1.39. The van der Waals surface area contributed by atoms with E-state index in [2.05, 4.69) is 5.32 Å². The molecule has 0 spiro atoms. The fourth-order valence-corrected chi connectivity index (χ4v) is 2.81. The summed E-state index contributed by atoms with van der Waals surface area (Å²) in [5.41, 5.74) is 1.10. The molecule has 2 atom stereocenters. The third-order valence-electron chi connectivity index (χ3n) is 4.05. The molecule has 0 aromatic heterocycles. The highest BCUT2D eigenvalue weighted by Gasteiger charge is 2.30. The zero-order valence-electron chi connectivity index (χ0n) is 12.7. The molecule has 0 saturated heterocycles. The van der Waals surface area contributed by atoms with Gasteiger partial charge >= 0.3 is 5.97 Å². The normalized spacial score (nSPS) is 21.3. The third kappa shape index (κ3) is 5.15. The lowest BCUT2D eigenvalue weighted by atomic mass is 9.81. The van der Waals surface area contributed by atoms with E-state index in [0.717, 1.165) is 18.4 Å². The van der Waals surface area contributed by atoms with Gasteiger partial charge in [0, 0.05) is 12.5 Å². The zero-order valence-corrected chi connectivity index (χ0v) is 12.7. The van der Waals surface area contributed by atoms with Gasteiger partial charge in [-0.05, 0) is 24.8 Å². The van der Waals surface area contributed by atoms with Gasteiger partial charge in [0.2, 0.25) is 5.91 Å². The SMILES string of the molecule is O=C(O)C1CCCC(C(=O)NCCOCc2ccccc2)C1. The lowest BCUT2D eigenvalue weighted by molar-refractivity contribution is -0.144. The van der Waals surface area contributed by atoms with Crippen molar-refractivity contribution >= 4 is 11.9 Å². The van der Waals surface area contributed by atoms with Crippen LogP contribution in [0.15, 0.2) is 30.3 Å². The molecule has 1 aromatic rings. The number of carboxylic acids is 1. The fraction of sp³-hybridized carbons (Fsp3) is 0.529. The van der Waals surface area contributed by atoms with Crippen molar-refractivity contribution in [2.75, 3.05) is 13.2 Å². The number of hydrogen-bond donors (Lipinski definition) is 2. The first-order valence-electron chi connectivity index (χ1n) is 7.79. The molecule has 1 aliphatic carbocycles. The maximum absolute atomic E-state index is 12.0. The van der Waals surface area contributed by atoms with E-state index in [1.54, 1.807) is 0 Å². The van der Waals surface area contributed by atoms with Crippen molar-refractivity contribution in [3.8, 4) is 0 Å². The molecule has 5 heteroatoms. The molecule has 1 amide bonds. The summed E-state index contributed by atoms with van der Waals surface area (Å²) < 4.78 is 5.51. The summed E-state index contributed by atoms with van der Waals surface area (Å²) in [7, 11) is 0. The van der Waals surface area contributed by atoms with Crippen LogP contribution >= 0.6 is 0 Å². The summed E-state index contributed by atoms with van der Waals surface area (Å²) in [6, 6.07) is 9.86. The smallest absolute Gasteiger partial charge is 0.306 e. The van der Waals surface area contributed by atoms with Crippen LogP contribution in [0.25, 0.3) is 0 Å². The maximum atomic E-state index is 12.0. The Kier molecular flexibility index (Phi) is 6.40. The van der Waals surface area contributed by atoms with Crippen LogP contribution in [0.2, 0.25) is 0 Å². The van der Waals surface area contributed by atoms with E-state index in [9.17, 15) is 9.59 Å². The van der Waals surface area contributed by atoms with Crippen molar-refractivity contribution in [3.63, 3.8) is 0 Å². The molecule has 0 heterocycles. The Hall–Kier alpha value is -1.88. The Balaban J connectivity index is 1.62. The molecular formula is C17H23NO4. The van der Waals surface area contributed by atoms with E-state index in [0.29, 0.717) is 32.6 Å². The van der Waals surface area contributed by atoms with E-state index in [1.165, 1.54) is 0 Å². The Morgan fingerprint density at radius 3 is 2.64 bits per heavy atom. The average molecular weight is 305 g/mol. The van der Waals surface area contributed by atoms with Crippen LogP contribution in [-0.2, 0) is 20.9 Å². The number of hydrogen-bond acceptors (Lipinski definition) is 3. The van der Waals surface area contributed by atoms with E-state index >= 15 is 0 Å². The van der Waals surface area contributed by atoms with Gasteiger partial charge in [0.25, 0.3) is 0 Å². The second kappa shape index (κ2) is 8.54. The molecule has 2 rings (SSSR count). The number of carboxylic acid groups (broad SMARTS) is 1. The highest BCUT2D eigenvalue weighted by Crippen LogP contribution is 2.29. The van der Waals surface area contributed by atoms with Gasteiger partial charge in [-0.2, -0.15) is 0 Å². The number of nitrogens with one attached hydrogen (secondary N) is 1. The summed E-state index contributed by atoms with van der Waals surface area (Å²) >= 11 is 0. The van der Waals surface area contributed by atoms with Gasteiger partial charge in [-0.15, -0.1) is 0 Å².